The first-order chi connectivity index (χ1) is 17.1. The molecule has 2 aromatic rings. The molecule has 3 N–H and O–H groups in total. The van der Waals surface area contributed by atoms with E-state index < -0.39 is 0 Å². The largest absolute Gasteiger partial charge is 0.462 e. The third-order valence-corrected chi connectivity index (χ3v) is 6.95. The average Bonchev–Trinajstić information content (AvgIpc) is 2.90. The number of nitrogens with two attached hydrogens (primary N) is 1. The van der Waals surface area contributed by atoms with Crippen molar-refractivity contribution in [3.05, 3.63) is 53.1 Å². The molecular weight excluding hydrogens is 440 g/mol. The normalized spacial score (nSPS) is 16.1. The predicted octanol–water partition coefficient (Wildman–Crippen LogP) is 4.40. The van der Waals surface area contributed by atoms with Gasteiger partial charge in [-0.15, -0.1) is 0 Å². The molecule has 0 saturated carbocycles. The van der Waals surface area contributed by atoms with Gasteiger partial charge in [0.25, 0.3) is 5.91 Å². The molecular formula is C28H38N4O3. The van der Waals surface area contributed by atoms with Crippen molar-refractivity contribution >= 4 is 28.9 Å². The van der Waals surface area contributed by atoms with Crippen LogP contribution >= 0.6 is 0 Å². The maximum atomic E-state index is 13.3. The number of hydrogen-bond donors (Lipinski definition) is 2. The minimum absolute atomic E-state index is 0.0920. The minimum Gasteiger partial charge on any atom is -0.462 e. The Morgan fingerprint density at radius 3 is 2.09 bits per heavy atom. The second-order valence-corrected chi connectivity index (χ2v) is 9.45. The summed E-state index contributed by atoms with van der Waals surface area (Å²) in [5.74, 6) is -0.409. The topological polar surface area (TPSA) is 87.9 Å². The summed E-state index contributed by atoms with van der Waals surface area (Å²) in [5.41, 5.74) is 11.5. The number of benzene rings is 2. The average molecular weight is 479 g/mol. The summed E-state index contributed by atoms with van der Waals surface area (Å²) in [7, 11) is 0. The molecule has 0 atom stereocenters. The number of nitrogens with zero attached hydrogens (tertiary/aromatic N) is 2. The summed E-state index contributed by atoms with van der Waals surface area (Å²) in [6.45, 7) is 6.63. The second kappa shape index (κ2) is 12.0. The maximum absolute atomic E-state index is 13.3. The van der Waals surface area contributed by atoms with E-state index in [1.54, 1.807) is 19.1 Å². The van der Waals surface area contributed by atoms with E-state index in [-0.39, 0.29) is 11.9 Å². The van der Waals surface area contributed by atoms with Gasteiger partial charge in [0, 0.05) is 32.7 Å². The molecule has 188 valence electrons. The number of hydrogen-bond acceptors (Lipinski definition) is 6. The third kappa shape index (κ3) is 6.27. The van der Waals surface area contributed by atoms with Crippen LogP contribution in [-0.4, -0.2) is 51.2 Å². The summed E-state index contributed by atoms with van der Waals surface area (Å²) < 4.78 is 5.03. The number of ether oxygens (including phenoxy) is 1. The molecule has 35 heavy (non-hydrogen) atoms. The van der Waals surface area contributed by atoms with E-state index >= 15 is 0 Å². The Labute approximate surface area is 208 Å². The highest BCUT2D eigenvalue weighted by Gasteiger charge is 2.23. The van der Waals surface area contributed by atoms with Crippen LogP contribution in [0.2, 0.25) is 0 Å². The van der Waals surface area contributed by atoms with E-state index in [0.29, 0.717) is 36.4 Å². The predicted molar refractivity (Wildman–Crippen MR) is 141 cm³/mol. The molecule has 4 rings (SSSR count). The van der Waals surface area contributed by atoms with Gasteiger partial charge in [-0.25, -0.2) is 4.79 Å². The molecule has 1 amide bonds. The van der Waals surface area contributed by atoms with Gasteiger partial charge in [0.05, 0.1) is 34.8 Å². The summed E-state index contributed by atoms with van der Waals surface area (Å²) in [4.78, 5) is 29.8. The van der Waals surface area contributed by atoms with Crippen LogP contribution in [0, 0.1) is 0 Å². The van der Waals surface area contributed by atoms with Gasteiger partial charge in [-0.05, 0) is 81.7 Å². The van der Waals surface area contributed by atoms with Crippen molar-refractivity contribution in [2.24, 2.45) is 0 Å². The molecule has 0 aromatic heterocycles. The molecule has 2 saturated heterocycles. The molecule has 2 fully saturated rings. The molecule has 2 aromatic carbocycles. The SMILES string of the molecule is CCOC(=O)c1ccc(CCNC(=O)c2cc(N)c(N3CCCCC3)cc2N2CCCCC2)cc1. The van der Waals surface area contributed by atoms with Crippen LogP contribution in [0.15, 0.2) is 36.4 Å². The summed E-state index contributed by atoms with van der Waals surface area (Å²) in [6.07, 6.45) is 7.83. The molecule has 2 heterocycles. The fourth-order valence-corrected chi connectivity index (χ4v) is 5.02. The number of carbonyl (C=O) groups is 2. The summed E-state index contributed by atoms with van der Waals surface area (Å²) in [6, 6.07) is 11.4. The van der Waals surface area contributed by atoms with Crippen molar-refractivity contribution < 1.29 is 14.3 Å². The van der Waals surface area contributed by atoms with Gasteiger partial charge in [-0.3, -0.25) is 4.79 Å². The zero-order chi connectivity index (χ0) is 24.6. The van der Waals surface area contributed by atoms with Crippen molar-refractivity contribution in [1.82, 2.24) is 5.32 Å². The van der Waals surface area contributed by atoms with Gasteiger partial charge < -0.3 is 25.6 Å². The Morgan fingerprint density at radius 2 is 1.49 bits per heavy atom. The van der Waals surface area contributed by atoms with Crippen molar-refractivity contribution in [2.45, 2.75) is 51.9 Å². The van der Waals surface area contributed by atoms with E-state index in [9.17, 15) is 9.59 Å². The van der Waals surface area contributed by atoms with E-state index in [1.165, 1.54) is 25.7 Å². The highest BCUT2D eigenvalue weighted by atomic mass is 16.5. The van der Waals surface area contributed by atoms with Crippen LogP contribution in [0.5, 0.6) is 0 Å². The lowest BCUT2D eigenvalue weighted by Gasteiger charge is -2.34. The Kier molecular flexibility index (Phi) is 8.50. The molecule has 0 unspecified atom stereocenters. The number of nitrogens with one attached hydrogen (secondary N) is 1. The van der Waals surface area contributed by atoms with E-state index in [0.717, 1.165) is 56.0 Å². The molecule has 2 aliphatic rings. The fraction of sp³-hybridized carbons (Fsp3) is 0.500. The van der Waals surface area contributed by atoms with E-state index in [2.05, 4.69) is 21.2 Å². The number of amides is 1. The lowest BCUT2D eigenvalue weighted by molar-refractivity contribution is 0.0526. The van der Waals surface area contributed by atoms with Crippen LogP contribution in [0.3, 0.4) is 0 Å². The van der Waals surface area contributed by atoms with Crippen molar-refractivity contribution in [3.8, 4) is 0 Å². The molecule has 0 aliphatic carbocycles. The molecule has 0 radical (unpaired) electrons. The van der Waals surface area contributed by atoms with Crippen LogP contribution < -0.4 is 20.9 Å². The van der Waals surface area contributed by atoms with Crippen LogP contribution in [-0.2, 0) is 11.2 Å². The Hall–Kier alpha value is -3.22. The monoisotopic (exact) mass is 478 g/mol. The van der Waals surface area contributed by atoms with Gasteiger partial charge in [0.2, 0.25) is 0 Å². The van der Waals surface area contributed by atoms with Gasteiger partial charge in [-0.1, -0.05) is 12.1 Å². The number of carbonyl (C=O) groups excluding carboxylic acids is 2. The fourth-order valence-electron chi connectivity index (χ4n) is 5.02. The molecule has 7 heteroatoms. The highest BCUT2D eigenvalue weighted by Crippen LogP contribution is 2.35. The van der Waals surface area contributed by atoms with Crippen LogP contribution in [0.25, 0.3) is 0 Å². The zero-order valence-corrected chi connectivity index (χ0v) is 20.9. The lowest BCUT2D eigenvalue weighted by Crippen LogP contribution is -2.35. The molecule has 7 nitrogen and oxygen atoms in total. The first-order valence-electron chi connectivity index (χ1n) is 13.0. The quantitative estimate of drug-likeness (QED) is 0.432. The van der Waals surface area contributed by atoms with Crippen LogP contribution in [0.4, 0.5) is 17.1 Å². The molecule has 0 spiro atoms. The number of esters is 1. The Morgan fingerprint density at radius 1 is 0.886 bits per heavy atom. The van der Waals surface area contributed by atoms with Crippen molar-refractivity contribution in [2.75, 3.05) is 54.9 Å². The van der Waals surface area contributed by atoms with E-state index in [1.807, 2.05) is 18.2 Å². The number of nitrogen functional groups attached to an aromatic ring is 1. The van der Waals surface area contributed by atoms with Crippen molar-refractivity contribution in [3.63, 3.8) is 0 Å². The number of rotatable bonds is 8. The Bertz CT molecular complexity index is 1010. The smallest absolute Gasteiger partial charge is 0.338 e. The lowest BCUT2D eigenvalue weighted by atomic mass is 10.0. The van der Waals surface area contributed by atoms with E-state index in [4.69, 9.17) is 10.5 Å². The standard InChI is InChI=1S/C28H38N4O3/c1-2-35-28(34)22-11-9-21(10-12-22)13-14-30-27(33)23-19-24(29)26(32-17-7-4-8-18-32)20-25(23)31-15-5-3-6-16-31/h9-12,19-20H,2-8,13-18,29H2,1H3,(H,30,33). The van der Waals surface area contributed by atoms with Crippen LogP contribution in [0.1, 0.15) is 71.7 Å². The van der Waals surface area contributed by atoms with Gasteiger partial charge >= 0.3 is 5.97 Å². The number of piperidine rings is 2. The van der Waals surface area contributed by atoms with Gasteiger partial charge in [-0.2, -0.15) is 0 Å². The summed E-state index contributed by atoms with van der Waals surface area (Å²) >= 11 is 0. The maximum Gasteiger partial charge on any atom is 0.338 e. The molecule has 0 bridgehead atoms. The number of anilines is 3. The first kappa shape index (κ1) is 24.9. The van der Waals surface area contributed by atoms with Gasteiger partial charge in [0.1, 0.15) is 0 Å². The molecule has 2 aliphatic heterocycles. The third-order valence-electron chi connectivity index (χ3n) is 6.95. The second-order valence-electron chi connectivity index (χ2n) is 9.45. The summed E-state index contributed by atoms with van der Waals surface area (Å²) in [5, 5.41) is 3.08. The van der Waals surface area contributed by atoms with Gasteiger partial charge in [0.15, 0.2) is 0 Å². The first-order valence-corrected chi connectivity index (χ1v) is 13.0. The Balaban J connectivity index is 1.45. The minimum atomic E-state index is -0.316. The van der Waals surface area contributed by atoms with Crippen molar-refractivity contribution in [1.29, 1.82) is 0 Å². The zero-order valence-electron chi connectivity index (χ0n) is 20.9. The highest BCUT2D eigenvalue weighted by molar-refractivity contribution is 6.02.